The number of methoxy groups -OCH3 is 1. The van der Waals surface area contributed by atoms with E-state index in [1.807, 2.05) is 26.8 Å². The van der Waals surface area contributed by atoms with Gasteiger partial charge in [0.05, 0.1) is 6.07 Å². The Morgan fingerprint density at radius 1 is 1.55 bits per heavy atom. The predicted octanol–water partition coefficient (Wildman–Crippen LogP) is 1.34. The molecule has 64 valence electrons. The molecule has 0 fully saturated rings. The van der Waals surface area contributed by atoms with E-state index in [2.05, 4.69) is 0 Å². The first-order valence-corrected chi connectivity index (χ1v) is 3.64. The second-order valence-electron chi connectivity index (χ2n) is 2.77. The SMILES string of the molecule is CCOC(C#N)C(C)(C)OC. The average Bonchev–Trinajstić information content (AvgIpc) is 2.00. The summed E-state index contributed by atoms with van der Waals surface area (Å²) in [5, 5.41) is 8.67. The van der Waals surface area contributed by atoms with E-state index < -0.39 is 11.7 Å². The lowest BCUT2D eigenvalue weighted by Crippen LogP contribution is -2.39. The fraction of sp³-hybridized carbons (Fsp3) is 0.875. The third-order valence-corrected chi connectivity index (χ3v) is 1.61. The summed E-state index contributed by atoms with van der Waals surface area (Å²) in [6.07, 6.45) is -0.488. The third-order valence-electron chi connectivity index (χ3n) is 1.61. The molecular weight excluding hydrogens is 142 g/mol. The number of ether oxygens (including phenoxy) is 2. The molecule has 0 saturated heterocycles. The van der Waals surface area contributed by atoms with Gasteiger partial charge in [-0.15, -0.1) is 0 Å². The molecule has 0 aliphatic rings. The van der Waals surface area contributed by atoms with Crippen molar-refractivity contribution in [1.82, 2.24) is 0 Å². The molecule has 0 aromatic heterocycles. The molecule has 0 amide bonds. The zero-order valence-electron chi connectivity index (χ0n) is 7.55. The molecule has 0 bridgehead atoms. The number of hydrogen-bond donors (Lipinski definition) is 0. The van der Waals surface area contributed by atoms with Gasteiger partial charge in [0.2, 0.25) is 0 Å². The lowest BCUT2D eigenvalue weighted by molar-refractivity contribution is -0.0813. The summed E-state index contributed by atoms with van der Waals surface area (Å²) in [7, 11) is 1.57. The van der Waals surface area contributed by atoms with Gasteiger partial charge in [-0.2, -0.15) is 5.26 Å². The molecule has 0 aliphatic carbocycles. The van der Waals surface area contributed by atoms with Crippen molar-refractivity contribution in [3.8, 4) is 6.07 Å². The minimum absolute atomic E-state index is 0.488. The summed E-state index contributed by atoms with van der Waals surface area (Å²) in [6, 6.07) is 2.05. The van der Waals surface area contributed by atoms with Crippen LogP contribution in [0.15, 0.2) is 0 Å². The summed E-state index contributed by atoms with van der Waals surface area (Å²) in [5.41, 5.74) is -0.523. The highest BCUT2D eigenvalue weighted by Gasteiger charge is 2.29. The second-order valence-corrected chi connectivity index (χ2v) is 2.77. The normalized spacial score (nSPS) is 14.1. The predicted molar refractivity (Wildman–Crippen MR) is 42.1 cm³/mol. The maximum atomic E-state index is 8.67. The lowest BCUT2D eigenvalue weighted by atomic mass is 10.0. The van der Waals surface area contributed by atoms with Gasteiger partial charge in [0.1, 0.15) is 5.60 Å². The lowest BCUT2D eigenvalue weighted by Gasteiger charge is -2.27. The Bertz CT molecular complexity index is 149. The van der Waals surface area contributed by atoms with Crippen LogP contribution in [-0.2, 0) is 9.47 Å². The van der Waals surface area contributed by atoms with Crippen molar-refractivity contribution in [2.75, 3.05) is 13.7 Å². The van der Waals surface area contributed by atoms with Gasteiger partial charge < -0.3 is 9.47 Å². The van der Waals surface area contributed by atoms with E-state index in [-0.39, 0.29) is 0 Å². The maximum Gasteiger partial charge on any atom is 0.172 e. The Balaban J connectivity index is 4.14. The van der Waals surface area contributed by atoms with E-state index in [4.69, 9.17) is 14.7 Å². The number of rotatable bonds is 4. The number of nitrogens with zero attached hydrogens (tertiary/aromatic N) is 1. The molecule has 0 aromatic carbocycles. The van der Waals surface area contributed by atoms with Crippen LogP contribution in [-0.4, -0.2) is 25.4 Å². The smallest absolute Gasteiger partial charge is 0.172 e. The molecule has 0 rings (SSSR count). The van der Waals surface area contributed by atoms with Crippen molar-refractivity contribution in [1.29, 1.82) is 5.26 Å². The zero-order chi connectivity index (χ0) is 8.91. The molecule has 3 heteroatoms. The molecule has 0 heterocycles. The van der Waals surface area contributed by atoms with E-state index >= 15 is 0 Å². The van der Waals surface area contributed by atoms with Crippen LogP contribution < -0.4 is 0 Å². The van der Waals surface area contributed by atoms with Gasteiger partial charge in [-0.05, 0) is 20.8 Å². The molecular formula is C8H15NO2. The van der Waals surface area contributed by atoms with Crippen LogP contribution in [0.25, 0.3) is 0 Å². The molecule has 0 aromatic rings. The van der Waals surface area contributed by atoms with E-state index in [1.165, 1.54) is 0 Å². The third kappa shape index (κ3) is 2.87. The van der Waals surface area contributed by atoms with Crippen LogP contribution in [0, 0.1) is 11.3 Å². The van der Waals surface area contributed by atoms with Crippen molar-refractivity contribution in [3.63, 3.8) is 0 Å². The van der Waals surface area contributed by atoms with E-state index in [0.717, 1.165) is 0 Å². The van der Waals surface area contributed by atoms with Crippen LogP contribution in [0.3, 0.4) is 0 Å². The largest absolute Gasteiger partial charge is 0.375 e. The highest BCUT2D eigenvalue weighted by molar-refractivity contribution is 4.96. The zero-order valence-corrected chi connectivity index (χ0v) is 7.55. The molecule has 0 radical (unpaired) electrons. The fourth-order valence-corrected chi connectivity index (χ4v) is 0.667. The van der Waals surface area contributed by atoms with Gasteiger partial charge in [-0.25, -0.2) is 0 Å². The van der Waals surface area contributed by atoms with Crippen LogP contribution in [0.5, 0.6) is 0 Å². The Hall–Kier alpha value is -0.590. The molecule has 3 nitrogen and oxygen atoms in total. The van der Waals surface area contributed by atoms with Crippen molar-refractivity contribution in [3.05, 3.63) is 0 Å². The fourth-order valence-electron chi connectivity index (χ4n) is 0.667. The van der Waals surface area contributed by atoms with Crippen molar-refractivity contribution in [2.24, 2.45) is 0 Å². The summed E-state index contributed by atoms with van der Waals surface area (Å²) < 4.78 is 10.3. The van der Waals surface area contributed by atoms with Crippen LogP contribution >= 0.6 is 0 Å². The monoisotopic (exact) mass is 157 g/mol. The first-order chi connectivity index (χ1) is 5.08. The quantitative estimate of drug-likeness (QED) is 0.618. The molecule has 0 saturated carbocycles. The summed E-state index contributed by atoms with van der Waals surface area (Å²) in [5.74, 6) is 0. The molecule has 0 aliphatic heterocycles. The Kier molecular flexibility index (Phi) is 4.09. The second kappa shape index (κ2) is 4.32. The minimum atomic E-state index is -0.523. The number of hydrogen-bond acceptors (Lipinski definition) is 3. The number of nitriles is 1. The molecule has 0 N–H and O–H groups in total. The first kappa shape index (κ1) is 10.4. The van der Waals surface area contributed by atoms with Crippen molar-refractivity contribution < 1.29 is 9.47 Å². The molecule has 0 spiro atoms. The van der Waals surface area contributed by atoms with Gasteiger partial charge in [-0.1, -0.05) is 0 Å². The summed E-state index contributed by atoms with van der Waals surface area (Å²) in [6.45, 7) is 6.05. The molecule has 1 atom stereocenters. The van der Waals surface area contributed by atoms with Gasteiger partial charge in [0, 0.05) is 13.7 Å². The van der Waals surface area contributed by atoms with Crippen LogP contribution in [0.1, 0.15) is 20.8 Å². The summed E-state index contributed by atoms with van der Waals surface area (Å²) in [4.78, 5) is 0. The van der Waals surface area contributed by atoms with Gasteiger partial charge in [0.25, 0.3) is 0 Å². The minimum Gasteiger partial charge on any atom is -0.375 e. The van der Waals surface area contributed by atoms with Crippen LogP contribution in [0.2, 0.25) is 0 Å². The van der Waals surface area contributed by atoms with Crippen molar-refractivity contribution in [2.45, 2.75) is 32.5 Å². The van der Waals surface area contributed by atoms with Crippen molar-refractivity contribution >= 4 is 0 Å². The topological polar surface area (TPSA) is 42.2 Å². The highest BCUT2D eigenvalue weighted by Crippen LogP contribution is 2.15. The first-order valence-electron chi connectivity index (χ1n) is 3.64. The standard InChI is InChI=1S/C8H15NO2/c1-5-11-7(6-9)8(2,3)10-4/h7H,5H2,1-4H3. The van der Waals surface area contributed by atoms with Gasteiger partial charge in [-0.3, -0.25) is 0 Å². The van der Waals surface area contributed by atoms with Gasteiger partial charge in [0.15, 0.2) is 6.10 Å². The Morgan fingerprint density at radius 2 is 2.09 bits per heavy atom. The van der Waals surface area contributed by atoms with E-state index in [0.29, 0.717) is 6.61 Å². The van der Waals surface area contributed by atoms with Gasteiger partial charge >= 0.3 is 0 Å². The van der Waals surface area contributed by atoms with Crippen LogP contribution in [0.4, 0.5) is 0 Å². The molecule has 1 unspecified atom stereocenters. The molecule has 11 heavy (non-hydrogen) atoms. The highest BCUT2D eigenvalue weighted by atomic mass is 16.5. The van der Waals surface area contributed by atoms with E-state index in [1.54, 1.807) is 7.11 Å². The Morgan fingerprint density at radius 3 is 2.36 bits per heavy atom. The average molecular weight is 157 g/mol. The Labute approximate surface area is 67.9 Å². The van der Waals surface area contributed by atoms with E-state index in [9.17, 15) is 0 Å². The summed E-state index contributed by atoms with van der Waals surface area (Å²) >= 11 is 0. The maximum absolute atomic E-state index is 8.67.